The number of hydrogen-bond donors (Lipinski definition) is 1. The van der Waals surface area contributed by atoms with Gasteiger partial charge < -0.3 is 19.6 Å². The van der Waals surface area contributed by atoms with E-state index in [4.69, 9.17) is 14.7 Å². The van der Waals surface area contributed by atoms with Gasteiger partial charge in [0.1, 0.15) is 18.5 Å². The largest absolute Gasteiger partial charge is 0.491 e. The molecule has 30 heavy (non-hydrogen) atoms. The molecule has 1 heterocycles. The van der Waals surface area contributed by atoms with E-state index in [0.717, 1.165) is 4.90 Å². The van der Waals surface area contributed by atoms with E-state index in [1.165, 1.54) is 31.3 Å². The second-order valence-electron chi connectivity index (χ2n) is 6.66. The second kappa shape index (κ2) is 8.57. The number of hydrogen-bond acceptors (Lipinski definition) is 7. The lowest BCUT2D eigenvalue weighted by atomic mass is 10.1. The Morgan fingerprint density at radius 2 is 2.03 bits per heavy atom. The molecule has 0 radical (unpaired) electrons. The van der Waals surface area contributed by atoms with E-state index < -0.39 is 23.4 Å². The summed E-state index contributed by atoms with van der Waals surface area (Å²) in [6.07, 6.45) is -6.49. The first-order valence-corrected chi connectivity index (χ1v) is 8.83. The van der Waals surface area contributed by atoms with Crippen molar-refractivity contribution >= 4 is 17.6 Å². The number of nitrogens with zero attached hydrogens (tertiary/aromatic N) is 3. The summed E-state index contributed by atoms with van der Waals surface area (Å²) in [7, 11) is 0. The summed E-state index contributed by atoms with van der Waals surface area (Å²) in [4.78, 5) is 11.4. The highest BCUT2D eigenvalue weighted by molar-refractivity contribution is 5.79. The molecule has 2 atom stereocenters. The molecule has 2 unspecified atom stereocenters. The van der Waals surface area contributed by atoms with Crippen molar-refractivity contribution < 1.29 is 32.8 Å². The molecule has 0 aromatic heterocycles. The van der Waals surface area contributed by atoms with Gasteiger partial charge in [0.15, 0.2) is 0 Å². The van der Waals surface area contributed by atoms with Crippen molar-refractivity contribution in [3.05, 3.63) is 63.7 Å². The predicted octanol–water partition coefficient (Wildman–Crippen LogP) is 3.88. The number of nitro benzene ring substituents is 1. The third-order valence-corrected chi connectivity index (χ3v) is 4.52. The van der Waals surface area contributed by atoms with Crippen molar-refractivity contribution in [3.8, 4) is 5.75 Å². The van der Waals surface area contributed by atoms with Crippen molar-refractivity contribution in [2.75, 3.05) is 18.1 Å². The summed E-state index contributed by atoms with van der Waals surface area (Å²) in [5.74, 6) is 0.418. The van der Waals surface area contributed by atoms with Gasteiger partial charge in [-0.1, -0.05) is 5.16 Å². The lowest BCUT2D eigenvalue weighted by Gasteiger charge is -2.26. The number of nitro groups is 1. The van der Waals surface area contributed by atoms with Crippen LogP contribution in [0.15, 0.2) is 47.6 Å². The molecule has 1 N–H and O–H groups in total. The van der Waals surface area contributed by atoms with E-state index in [1.807, 2.05) is 0 Å². The Kier molecular flexibility index (Phi) is 6.11. The third-order valence-electron chi connectivity index (χ3n) is 4.52. The van der Waals surface area contributed by atoms with Crippen LogP contribution in [0.1, 0.15) is 11.1 Å². The Balaban J connectivity index is 1.73. The third kappa shape index (κ3) is 4.79. The normalized spacial score (nSPS) is 19.4. The van der Waals surface area contributed by atoms with Crippen LogP contribution in [0.5, 0.6) is 5.75 Å². The number of ether oxygens (including phenoxy) is 2. The number of aryl methyl sites for hydroxylation is 1. The standard InChI is InChI=1S/C19H18F3N3O5/c1-12-8-14(4-7-17(12)25(27)28)24-10-16(30-18(24)19(20,21)22)11-29-15-5-2-13(3-6-15)9-23-26/h2-9,16,18,26H,10-11H2,1H3. The number of benzene rings is 2. The van der Waals surface area contributed by atoms with Gasteiger partial charge in [-0.3, -0.25) is 10.1 Å². The fourth-order valence-corrected chi connectivity index (χ4v) is 3.13. The first kappa shape index (κ1) is 21.4. The fourth-order valence-electron chi connectivity index (χ4n) is 3.13. The highest BCUT2D eigenvalue weighted by atomic mass is 19.4. The van der Waals surface area contributed by atoms with Crippen LogP contribution < -0.4 is 9.64 Å². The van der Waals surface area contributed by atoms with Gasteiger partial charge in [-0.2, -0.15) is 13.2 Å². The van der Waals surface area contributed by atoms with Crippen molar-refractivity contribution in [1.29, 1.82) is 0 Å². The van der Waals surface area contributed by atoms with Crippen LogP contribution in [0.4, 0.5) is 24.5 Å². The fraction of sp³-hybridized carbons (Fsp3) is 0.316. The molecule has 0 saturated carbocycles. The number of alkyl halides is 3. The summed E-state index contributed by atoms with van der Waals surface area (Å²) in [6, 6.07) is 10.2. The molecule has 1 aliphatic heterocycles. The van der Waals surface area contributed by atoms with E-state index in [2.05, 4.69) is 5.16 Å². The van der Waals surface area contributed by atoms with E-state index in [1.54, 1.807) is 24.3 Å². The minimum Gasteiger partial charge on any atom is -0.491 e. The Bertz CT molecular complexity index is 934. The van der Waals surface area contributed by atoms with E-state index >= 15 is 0 Å². The van der Waals surface area contributed by atoms with Crippen molar-refractivity contribution in [3.63, 3.8) is 0 Å². The molecule has 2 aromatic carbocycles. The minimum atomic E-state index is -4.66. The molecule has 11 heteroatoms. The van der Waals surface area contributed by atoms with Gasteiger partial charge in [0, 0.05) is 17.3 Å². The zero-order valence-corrected chi connectivity index (χ0v) is 15.7. The van der Waals surface area contributed by atoms with Gasteiger partial charge >= 0.3 is 6.18 Å². The number of anilines is 1. The Hall–Kier alpha value is -3.34. The Labute approximate surface area is 169 Å². The molecule has 1 aliphatic rings. The zero-order valence-electron chi connectivity index (χ0n) is 15.7. The lowest BCUT2D eigenvalue weighted by molar-refractivity contribution is -0.385. The SMILES string of the molecule is Cc1cc(N2CC(COc3ccc(C=NO)cc3)OC2C(F)(F)F)ccc1[N+](=O)[O-]. The van der Waals surface area contributed by atoms with E-state index in [0.29, 0.717) is 11.3 Å². The van der Waals surface area contributed by atoms with Gasteiger partial charge in [-0.05, 0) is 48.9 Å². The van der Waals surface area contributed by atoms with Crippen molar-refractivity contribution in [2.24, 2.45) is 5.16 Å². The molecule has 3 rings (SSSR count). The maximum absolute atomic E-state index is 13.5. The highest BCUT2D eigenvalue weighted by Gasteiger charge is 2.51. The molecule has 1 fully saturated rings. The minimum absolute atomic E-state index is 0.101. The van der Waals surface area contributed by atoms with Gasteiger partial charge in [-0.25, -0.2) is 0 Å². The van der Waals surface area contributed by atoms with Crippen LogP contribution in [0.3, 0.4) is 0 Å². The molecule has 0 bridgehead atoms. The summed E-state index contributed by atoms with van der Waals surface area (Å²) in [6.45, 7) is 1.24. The lowest BCUT2D eigenvalue weighted by Crippen LogP contribution is -2.42. The molecule has 160 valence electrons. The Morgan fingerprint density at radius 1 is 1.33 bits per heavy atom. The van der Waals surface area contributed by atoms with Crippen LogP contribution in [-0.4, -0.2) is 48.0 Å². The number of rotatable bonds is 6. The molecule has 1 saturated heterocycles. The van der Waals surface area contributed by atoms with Gasteiger partial charge in [0.05, 0.1) is 17.7 Å². The average molecular weight is 425 g/mol. The zero-order chi connectivity index (χ0) is 21.9. The molecular weight excluding hydrogens is 407 g/mol. The Morgan fingerprint density at radius 3 is 2.60 bits per heavy atom. The topological polar surface area (TPSA) is 97.4 Å². The average Bonchev–Trinajstić information content (AvgIpc) is 3.12. The predicted molar refractivity (Wildman–Crippen MR) is 101 cm³/mol. The van der Waals surface area contributed by atoms with Crippen LogP contribution in [0.2, 0.25) is 0 Å². The quantitative estimate of drug-likeness (QED) is 0.327. The summed E-state index contributed by atoms with van der Waals surface area (Å²) in [5, 5.41) is 22.4. The summed E-state index contributed by atoms with van der Waals surface area (Å²) < 4.78 is 51.2. The molecule has 0 amide bonds. The second-order valence-corrected chi connectivity index (χ2v) is 6.66. The van der Waals surface area contributed by atoms with Crippen LogP contribution >= 0.6 is 0 Å². The first-order chi connectivity index (χ1) is 14.2. The van der Waals surface area contributed by atoms with Gasteiger partial charge in [0.2, 0.25) is 6.23 Å². The van der Waals surface area contributed by atoms with Gasteiger partial charge in [0.25, 0.3) is 5.69 Å². The molecule has 8 nitrogen and oxygen atoms in total. The highest BCUT2D eigenvalue weighted by Crippen LogP contribution is 2.36. The van der Waals surface area contributed by atoms with Crippen molar-refractivity contribution in [1.82, 2.24) is 0 Å². The molecule has 0 spiro atoms. The van der Waals surface area contributed by atoms with Crippen LogP contribution in [-0.2, 0) is 4.74 Å². The number of oxime groups is 1. The van der Waals surface area contributed by atoms with Crippen molar-refractivity contribution in [2.45, 2.75) is 25.4 Å². The van der Waals surface area contributed by atoms with E-state index in [-0.39, 0.29) is 30.1 Å². The van der Waals surface area contributed by atoms with Gasteiger partial charge in [-0.15, -0.1) is 0 Å². The molecule has 0 aliphatic carbocycles. The van der Waals surface area contributed by atoms with Crippen LogP contribution in [0.25, 0.3) is 0 Å². The van der Waals surface area contributed by atoms with Crippen LogP contribution in [0, 0.1) is 17.0 Å². The smallest absolute Gasteiger partial charge is 0.433 e. The van der Waals surface area contributed by atoms with E-state index in [9.17, 15) is 23.3 Å². The molecule has 2 aromatic rings. The molecular formula is C19H18F3N3O5. The number of halogens is 3. The first-order valence-electron chi connectivity index (χ1n) is 8.83. The summed E-state index contributed by atoms with van der Waals surface area (Å²) >= 11 is 0. The maximum Gasteiger partial charge on any atom is 0.433 e. The summed E-state index contributed by atoms with van der Waals surface area (Å²) in [5.41, 5.74) is 0.885. The monoisotopic (exact) mass is 425 g/mol. The maximum atomic E-state index is 13.5.